The van der Waals surface area contributed by atoms with Crippen molar-refractivity contribution in [2.45, 2.75) is 6.92 Å². The Balaban J connectivity index is 1.70. The number of rotatable bonds is 2. The fourth-order valence-corrected chi connectivity index (χ4v) is 5.57. The van der Waals surface area contributed by atoms with Gasteiger partial charge in [-0.1, -0.05) is 91.0 Å². The van der Waals surface area contributed by atoms with Crippen molar-refractivity contribution in [1.29, 1.82) is 0 Å². The van der Waals surface area contributed by atoms with Gasteiger partial charge in [0.05, 0.1) is 22.6 Å². The molecule has 1 aliphatic rings. The Labute approximate surface area is 205 Å². The van der Waals surface area contributed by atoms with E-state index in [4.69, 9.17) is 0 Å². The second-order valence-corrected chi connectivity index (χ2v) is 9.07. The van der Waals surface area contributed by atoms with Crippen molar-refractivity contribution in [2.24, 2.45) is 0 Å². The number of anilines is 3. The highest BCUT2D eigenvalue weighted by atomic mass is 15.2. The first kappa shape index (κ1) is 19.9. The molecule has 0 fully saturated rings. The number of hydrogen-bond donors (Lipinski definition) is 0. The van der Waals surface area contributed by atoms with Crippen LogP contribution in [0.4, 0.5) is 17.1 Å². The van der Waals surface area contributed by atoms with Crippen molar-refractivity contribution in [2.75, 3.05) is 4.90 Å². The van der Waals surface area contributed by atoms with Crippen molar-refractivity contribution in [1.82, 2.24) is 4.57 Å². The molecule has 166 valence electrons. The van der Waals surface area contributed by atoms with Crippen LogP contribution in [0, 0.1) is 6.92 Å². The maximum Gasteiger partial charge on any atom is 0.0641 e. The van der Waals surface area contributed by atoms with Crippen LogP contribution in [0.2, 0.25) is 0 Å². The molecule has 2 heterocycles. The molecule has 0 unspecified atom stereocenters. The minimum Gasteiger partial charge on any atom is -0.309 e. The van der Waals surface area contributed by atoms with Crippen LogP contribution in [-0.2, 0) is 0 Å². The molecule has 0 saturated carbocycles. The van der Waals surface area contributed by atoms with Crippen molar-refractivity contribution < 1.29 is 0 Å². The van der Waals surface area contributed by atoms with Crippen LogP contribution >= 0.6 is 0 Å². The molecular weight excluding hydrogens is 424 g/mol. The lowest BCUT2D eigenvalue weighted by molar-refractivity contribution is 1.13. The Kier molecular flexibility index (Phi) is 4.40. The zero-order valence-corrected chi connectivity index (χ0v) is 19.5. The van der Waals surface area contributed by atoms with Crippen LogP contribution in [-0.4, -0.2) is 4.57 Å². The molecule has 0 bridgehead atoms. The lowest BCUT2D eigenvalue weighted by Crippen LogP contribution is -2.12. The standard InChI is InChI=1S/C33H24N2/c1-23-13-5-9-19-28(23)35-30-21-11-7-17-26(30)32-25-16-6-10-20-29(25)34(24-14-3-2-4-15-24)33(32)27-18-8-12-22-31(27)35/h2-22H,1H3. The molecule has 35 heavy (non-hydrogen) atoms. The smallest absolute Gasteiger partial charge is 0.0641 e. The highest BCUT2D eigenvalue weighted by Gasteiger charge is 2.31. The van der Waals surface area contributed by atoms with Crippen LogP contribution in [0.15, 0.2) is 127 Å². The van der Waals surface area contributed by atoms with E-state index in [2.05, 4.69) is 144 Å². The Hall–Kier alpha value is -4.56. The van der Waals surface area contributed by atoms with E-state index in [9.17, 15) is 0 Å². The summed E-state index contributed by atoms with van der Waals surface area (Å²) in [5, 5.41) is 1.26. The van der Waals surface area contributed by atoms with Crippen LogP contribution in [0.25, 0.3) is 39.0 Å². The number of hydrogen-bond acceptors (Lipinski definition) is 1. The van der Waals surface area contributed by atoms with Gasteiger partial charge in [0, 0.05) is 33.5 Å². The minimum absolute atomic E-state index is 1.17. The third-order valence-corrected chi connectivity index (χ3v) is 7.06. The Bertz CT molecular complexity index is 1710. The van der Waals surface area contributed by atoms with E-state index in [1.807, 2.05) is 0 Å². The number of aromatic nitrogens is 1. The average Bonchev–Trinajstić information content (AvgIpc) is 3.20. The number of para-hydroxylation sites is 5. The second-order valence-electron chi connectivity index (χ2n) is 9.07. The van der Waals surface area contributed by atoms with Crippen molar-refractivity contribution in [3.05, 3.63) is 133 Å². The van der Waals surface area contributed by atoms with Gasteiger partial charge in [0.15, 0.2) is 0 Å². The maximum absolute atomic E-state index is 2.43. The summed E-state index contributed by atoms with van der Waals surface area (Å²) < 4.78 is 2.43. The predicted octanol–water partition coefficient (Wildman–Crippen LogP) is 9.06. The molecule has 0 amide bonds. The Morgan fingerprint density at radius 3 is 1.83 bits per heavy atom. The summed E-state index contributed by atoms with van der Waals surface area (Å²) in [6, 6.07) is 45.8. The fourth-order valence-electron chi connectivity index (χ4n) is 5.57. The second kappa shape index (κ2) is 7.75. The molecule has 2 nitrogen and oxygen atoms in total. The third-order valence-electron chi connectivity index (χ3n) is 7.06. The van der Waals surface area contributed by atoms with Gasteiger partial charge >= 0.3 is 0 Å². The largest absolute Gasteiger partial charge is 0.309 e. The molecule has 1 aromatic heterocycles. The quantitative estimate of drug-likeness (QED) is 0.256. The first-order valence-electron chi connectivity index (χ1n) is 12.1. The number of benzene rings is 5. The van der Waals surface area contributed by atoms with Crippen LogP contribution in [0.5, 0.6) is 0 Å². The maximum atomic E-state index is 2.43. The van der Waals surface area contributed by atoms with E-state index in [0.29, 0.717) is 0 Å². The van der Waals surface area contributed by atoms with Gasteiger partial charge < -0.3 is 9.47 Å². The van der Waals surface area contributed by atoms with Gasteiger partial charge in [-0.25, -0.2) is 0 Å². The number of nitrogens with zero attached hydrogens (tertiary/aromatic N) is 2. The van der Waals surface area contributed by atoms with Gasteiger partial charge in [-0.3, -0.25) is 0 Å². The van der Waals surface area contributed by atoms with Gasteiger partial charge in [-0.15, -0.1) is 0 Å². The molecule has 2 heteroatoms. The summed E-state index contributed by atoms with van der Waals surface area (Å²) >= 11 is 0. The van der Waals surface area contributed by atoms with Gasteiger partial charge in [0.1, 0.15) is 0 Å². The molecule has 0 radical (unpaired) electrons. The van der Waals surface area contributed by atoms with Crippen molar-refractivity contribution in [3.8, 4) is 28.1 Å². The molecule has 6 aromatic rings. The highest BCUT2D eigenvalue weighted by Crippen LogP contribution is 2.54. The van der Waals surface area contributed by atoms with E-state index >= 15 is 0 Å². The Morgan fingerprint density at radius 2 is 1.06 bits per heavy atom. The average molecular weight is 449 g/mol. The topological polar surface area (TPSA) is 8.17 Å². The summed E-state index contributed by atoms with van der Waals surface area (Å²) in [6.07, 6.45) is 0. The summed E-state index contributed by atoms with van der Waals surface area (Å²) in [4.78, 5) is 2.43. The fraction of sp³-hybridized carbons (Fsp3) is 0.0303. The van der Waals surface area contributed by atoms with Gasteiger partial charge in [0.2, 0.25) is 0 Å². The van der Waals surface area contributed by atoms with Crippen molar-refractivity contribution in [3.63, 3.8) is 0 Å². The van der Waals surface area contributed by atoms with Crippen LogP contribution in [0.3, 0.4) is 0 Å². The number of aryl methyl sites for hydroxylation is 1. The molecule has 7 rings (SSSR count). The van der Waals surface area contributed by atoms with E-state index in [-0.39, 0.29) is 0 Å². The molecular formula is C33H24N2. The first-order valence-corrected chi connectivity index (χ1v) is 12.1. The van der Waals surface area contributed by atoms with Gasteiger partial charge in [-0.2, -0.15) is 0 Å². The summed E-state index contributed by atoms with van der Waals surface area (Å²) in [5.41, 5.74) is 12.2. The molecule has 0 N–H and O–H groups in total. The van der Waals surface area contributed by atoms with E-state index < -0.39 is 0 Å². The number of fused-ring (bicyclic) bond motifs is 7. The lowest BCUT2D eigenvalue weighted by atomic mass is 9.98. The molecule has 0 saturated heterocycles. The van der Waals surface area contributed by atoms with Crippen LogP contribution < -0.4 is 4.90 Å². The summed E-state index contributed by atoms with van der Waals surface area (Å²) in [5.74, 6) is 0. The zero-order chi connectivity index (χ0) is 23.4. The normalized spacial score (nSPS) is 12.1. The van der Waals surface area contributed by atoms with E-state index in [0.717, 1.165) is 0 Å². The van der Waals surface area contributed by atoms with E-state index in [1.54, 1.807) is 0 Å². The van der Waals surface area contributed by atoms with E-state index in [1.165, 1.54) is 61.6 Å². The highest BCUT2D eigenvalue weighted by molar-refractivity contribution is 6.13. The summed E-state index contributed by atoms with van der Waals surface area (Å²) in [7, 11) is 0. The van der Waals surface area contributed by atoms with Crippen LogP contribution in [0.1, 0.15) is 5.56 Å². The Morgan fingerprint density at radius 1 is 0.486 bits per heavy atom. The summed E-state index contributed by atoms with van der Waals surface area (Å²) in [6.45, 7) is 2.19. The monoisotopic (exact) mass is 448 g/mol. The lowest BCUT2D eigenvalue weighted by Gasteiger charge is -2.28. The molecule has 1 aliphatic heterocycles. The van der Waals surface area contributed by atoms with Gasteiger partial charge in [-0.05, 0) is 48.9 Å². The van der Waals surface area contributed by atoms with Crippen molar-refractivity contribution >= 4 is 28.0 Å². The zero-order valence-electron chi connectivity index (χ0n) is 19.5. The SMILES string of the molecule is Cc1ccccc1N1c2ccccc2-c2c(n(-c3ccccc3)c3ccccc23)-c2ccccc21. The molecule has 0 spiro atoms. The molecule has 5 aromatic carbocycles. The predicted molar refractivity (Wildman–Crippen MR) is 147 cm³/mol. The molecule has 0 atom stereocenters. The third kappa shape index (κ3) is 2.90. The minimum atomic E-state index is 1.17. The molecule has 0 aliphatic carbocycles. The first-order chi connectivity index (χ1) is 17.3. The van der Waals surface area contributed by atoms with Gasteiger partial charge in [0.25, 0.3) is 0 Å².